The number of para-hydroxylation sites is 1. The fourth-order valence-corrected chi connectivity index (χ4v) is 6.21. The van der Waals surface area contributed by atoms with Gasteiger partial charge in [0, 0.05) is 17.4 Å². The summed E-state index contributed by atoms with van der Waals surface area (Å²) in [5.41, 5.74) is 9.00. The SMILES string of the molecule is C=C.CC.CC.CC.CCCC(C)(CC)c1ccc(C(C)(C)C)cc1N1c2ncccc2N(c2ccccc2-c2ccccc2)C1C. The number of fused-ring (bicyclic) bond motifs is 1. The fraction of sp³-hybridized carbons (Fsp3) is 0.432. The molecule has 0 spiro atoms. The van der Waals surface area contributed by atoms with E-state index in [0.29, 0.717) is 0 Å². The van der Waals surface area contributed by atoms with E-state index in [1.54, 1.807) is 0 Å². The third-order valence-electron chi connectivity index (χ3n) is 8.61. The second kappa shape index (κ2) is 19.7. The maximum atomic E-state index is 5.02. The van der Waals surface area contributed by atoms with E-state index in [1.807, 2.05) is 47.7 Å². The standard InChI is InChI=1S/C36H43N3.3C2H6.C2H4/c1-8-23-36(7,9-2)30-22-21-28(35(4,5)6)25-33(30)39-26(3)38(32-20-15-24-37-34(32)39)31-19-14-13-18-29(31)27-16-11-10-12-17-27;4*1-2/h10-22,24-26H,8-9,23H2,1-7H3;3*1-2H3;1-2H2. The summed E-state index contributed by atoms with van der Waals surface area (Å²) in [6.07, 6.45) is 5.40. The number of aromatic nitrogens is 1. The van der Waals surface area contributed by atoms with Gasteiger partial charge in [0.25, 0.3) is 0 Å². The van der Waals surface area contributed by atoms with Crippen molar-refractivity contribution in [1.82, 2.24) is 4.98 Å². The molecular formula is C44H65N3. The minimum absolute atomic E-state index is 0.0517. The molecule has 0 amide bonds. The van der Waals surface area contributed by atoms with Gasteiger partial charge in [0.2, 0.25) is 0 Å². The molecule has 0 radical (unpaired) electrons. The van der Waals surface area contributed by atoms with Crippen LogP contribution in [0.15, 0.2) is 104 Å². The quantitative estimate of drug-likeness (QED) is 0.188. The van der Waals surface area contributed by atoms with Crippen molar-refractivity contribution < 1.29 is 0 Å². The first-order chi connectivity index (χ1) is 22.7. The highest BCUT2D eigenvalue weighted by Gasteiger charge is 2.40. The van der Waals surface area contributed by atoms with E-state index in [1.165, 1.54) is 33.6 Å². The predicted molar refractivity (Wildman–Crippen MR) is 213 cm³/mol. The van der Waals surface area contributed by atoms with Crippen molar-refractivity contribution in [3.05, 3.63) is 115 Å². The molecule has 0 saturated carbocycles. The third-order valence-corrected chi connectivity index (χ3v) is 8.61. The summed E-state index contributed by atoms with van der Waals surface area (Å²) in [5, 5.41) is 0. The molecular weight excluding hydrogens is 571 g/mol. The molecule has 2 unspecified atom stereocenters. The van der Waals surface area contributed by atoms with E-state index in [9.17, 15) is 0 Å². The van der Waals surface area contributed by atoms with Crippen molar-refractivity contribution in [3.8, 4) is 11.1 Å². The molecule has 1 aromatic heterocycles. The molecule has 256 valence electrons. The lowest BCUT2D eigenvalue weighted by Gasteiger charge is -2.37. The molecule has 1 aliphatic heterocycles. The zero-order valence-corrected chi connectivity index (χ0v) is 32.1. The summed E-state index contributed by atoms with van der Waals surface area (Å²) in [7, 11) is 0. The highest BCUT2D eigenvalue weighted by Crippen LogP contribution is 2.51. The van der Waals surface area contributed by atoms with Gasteiger partial charge in [-0.15, -0.1) is 13.2 Å². The monoisotopic (exact) mass is 636 g/mol. The number of hydrogen-bond acceptors (Lipinski definition) is 3. The van der Waals surface area contributed by atoms with Gasteiger partial charge in [0.15, 0.2) is 5.82 Å². The molecule has 47 heavy (non-hydrogen) atoms. The zero-order valence-electron chi connectivity index (χ0n) is 32.1. The number of rotatable bonds is 7. The van der Waals surface area contributed by atoms with Gasteiger partial charge in [0.1, 0.15) is 6.17 Å². The highest BCUT2D eigenvalue weighted by molar-refractivity contribution is 5.91. The van der Waals surface area contributed by atoms with Crippen LogP contribution in [0.1, 0.15) is 120 Å². The first kappa shape index (κ1) is 41.2. The maximum Gasteiger partial charge on any atom is 0.158 e. The van der Waals surface area contributed by atoms with Gasteiger partial charge in [-0.2, -0.15) is 0 Å². The van der Waals surface area contributed by atoms with Crippen molar-refractivity contribution in [2.75, 3.05) is 9.80 Å². The van der Waals surface area contributed by atoms with E-state index in [-0.39, 0.29) is 17.0 Å². The number of benzene rings is 3. The molecule has 5 rings (SSSR count). The Labute approximate surface area is 289 Å². The Kier molecular flexibility index (Phi) is 17.3. The molecule has 3 heteroatoms. The summed E-state index contributed by atoms with van der Waals surface area (Å²) in [5.74, 6) is 1.02. The number of nitrogens with zero attached hydrogens (tertiary/aromatic N) is 3. The molecule has 3 nitrogen and oxygen atoms in total. The maximum absolute atomic E-state index is 5.02. The topological polar surface area (TPSA) is 19.4 Å². The Morgan fingerprint density at radius 3 is 1.83 bits per heavy atom. The molecule has 0 bridgehead atoms. The Hall–Kier alpha value is -3.85. The molecule has 2 atom stereocenters. The first-order valence-electron chi connectivity index (χ1n) is 18.0. The minimum atomic E-state index is 0.0517. The van der Waals surface area contributed by atoms with Gasteiger partial charge in [-0.1, -0.05) is 150 Å². The van der Waals surface area contributed by atoms with Crippen LogP contribution >= 0.6 is 0 Å². The van der Waals surface area contributed by atoms with E-state index in [2.05, 4.69) is 156 Å². The average molecular weight is 636 g/mol. The summed E-state index contributed by atoms with van der Waals surface area (Å²) >= 11 is 0. The van der Waals surface area contributed by atoms with Crippen molar-refractivity contribution in [2.24, 2.45) is 0 Å². The van der Waals surface area contributed by atoms with E-state index < -0.39 is 0 Å². The summed E-state index contributed by atoms with van der Waals surface area (Å²) in [6, 6.07) is 31.0. The molecule has 0 N–H and O–H groups in total. The lowest BCUT2D eigenvalue weighted by molar-refractivity contribution is 0.413. The summed E-state index contributed by atoms with van der Waals surface area (Å²) < 4.78 is 0. The molecule has 3 aromatic carbocycles. The van der Waals surface area contributed by atoms with E-state index >= 15 is 0 Å². The fourth-order valence-electron chi connectivity index (χ4n) is 6.21. The lowest BCUT2D eigenvalue weighted by Crippen LogP contribution is -2.37. The van der Waals surface area contributed by atoms with Gasteiger partial charge in [0.05, 0.1) is 11.4 Å². The Morgan fingerprint density at radius 1 is 0.681 bits per heavy atom. The normalized spacial score (nSPS) is 14.4. The average Bonchev–Trinajstić information content (AvgIpc) is 3.42. The summed E-state index contributed by atoms with van der Waals surface area (Å²) in [4.78, 5) is 9.98. The van der Waals surface area contributed by atoms with Gasteiger partial charge >= 0.3 is 0 Å². The van der Waals surface area contributed by atoms with Crippen LogP contribution in [0.4, 0.5) is 22.9 Å². The van der Waals surface area contributed by atoms with Crippen LogP contribution in [0.3, 0.4) is 0 Å². The lowest BCUT2D eigenvalue weighted by atomic mass is 9.74. The third kappa shape index (κ3) is 9.15. The van der Waals surface area contributed by atoms with Crippen LogP contribution in [0, 0.1) is 0 Å². The van der Waals surface area contributed by atoms with Crippen molar-refractivity contribution in [1.29, 1.82) is 0 Å². The van der Waals surface area contributed by atoms with Gasteiger partial charge in [-0.25, -0.2) is 4.98 Å². The van der Waals surface area contributed by atoms with Crippen molar-refractivity contribution in [2.45, 2.75) is 126 Å². The Morgan fingerprint density at radius 2 is 1.26 bits per heavy atom. The second-order valence-corrected chi connectivity index (χ2v) is 12.2. The molecule has 0 fully saturated rings. The predicted octanol–water partition coefficient (Wildman–Crippen LogP) is 14.0. The number of hydrogen-bond donors (Lipinski definition) is 0. The minimum Gasteiger partial charge on any atom is -0.317 e. The largest absolute Gasteiger partial charge is 0.317 e. The van der Waals surface area contributed by atoms with Crippen LogP contribution in [-0.4, -0.2) is 11.1 Å². The van der Waals surface area contributed by atoms with Crippen LogP contribution in [0.5, 0.6) is 0 Å². The number of pyridine rings is 1. The van der Waals surface area contributed by atoms with E-state index in [0.717, 1.165) is 30.8 Å². The second-order valence-electron chi connectivity index (χ2n) is 12.2. The molecule has 0 aliphatic carbocycles. The highest BCUT2D eigenvalue weighted by atomic mass is 15.4. The van der Waals surface area contributed by atoms with Crippen molar-refractivity contribution >= 4 is 22.9 Å². The molecule has 4 aromatic rings. The van der Waals surface area contributed by atoms with Gasteiger partial charge in [-0.05, 0) is 71.6 Å². The molecule has 1 aliphatic rings. The van der Waals surface area contributed by atoms with E-state index in [4.69, 9.17) is 4.98 Å². The summed E-state index contributed by atoms with van der Waals surface area (Å²) in [6.45, 7) is 34.3. The van der Waals surface area contributed by atoms with Crippen LogP contribution in [0.25, 0.3) is 11.1 Å². The molecule has 0 saturated heterocycles. The smallest absolute Gasteiger partial charge is 0.158 e. The zero-order chi connectivity index (χ0) is 35.8. The van der Waals surface area contributed by atoms with Crippen LogP contribution in [0.2, 0.25) is 0 Å². The molecule has 2 heterocycles. The Balaban J connectivity index is 0.00000128. The first-order valence-corrected chi connectivity index (χ1v) is 18.0. The Bertz CT molecular complexity index is 1450. The van der Waals surface area contributed by atoms with Crippen LogP contribution < -0.4 is 9.80 Å². The van der Waals surface area contributed by atoms with Crippen molar-refractivity contribution in [3.63, 3.8) is 0 Å². The number of anilines is 4. The van der Waals surface area contributed by atoms with Gasteiger partial charge in [-0.3, -0.25) is 0 Å². The van der Waals surface area contributed by atoms with Gasteiger partial charge < -0.3 is 9.80 Å². The van der Waals surface area contributed by atoms with Crippen LogP contribution in [-0.2, 0) is 10.8 Å².